The maximum absolute atomic E-state index is 11.1. The molecule has 0 radical (unpaired) electrons. The zero-order valence-electron chi connectivity index (χ0n) is 12.2. The Kier molecular flexibility index (Phi) is 15.4. The third-order valence-corrected chi connectivity index (χ3v) is 4.65. The number of ether oxygens (including phenoxy) is 1. The van der Waals surface area contributed by atoms with Crippen molar-refractivity contribution < 1.29 is 30.7 Å². The average molecular weight is 369 g/mol. The van der Waals surface area contributed by atoms with E-state index in [1.165, 1.54) is 57.8 Å². The molecule has 0 atom stereocenters. The van der Waals surface area contributed by atoms with Gasteiger partial charge < -0.3 is 0 Å². The minimum atomic E-state index is -0.336. The van der Waals surface area contributed by atoms with Gasteiger partial charge in [0, 0.05) is 0 Å². The summed E-state index contributed by atoms with van der Waals surface area (Å²) in [6.45, 7) is 4.96. The van der Waals surface area contributed by atoms with Crippen LogP contribution in [0.2, 0.25) is 0 Å². The second-order valence-corrected chi connectivity index (χ2v) is 7.84. The fourth-order valence-corrected chi connectivity index (χ4v) is 2.95. The molecule has 0 amide bonds. The Hall–Kier alpha value is 0.200. The third-order valence-electron chi connectivity index (χ3n) is 2.96. The minimum absolute atomic E-state index is 0.0761. The van der Waals surface area contributed by atoms with Crippen molar-refractivity contribution in [3.05, 3.63) is 0 Å². The number of unbranched alkanes of at least 4 members (excludes halogenated alkanes) is 9. The van der Waals surface area contributed by atoms with Crippen LogP contribution in [-0.2, 0) is 4.74 Å². The molecule has 0 saturated carbocycles. The van der Waals surface area contributed by atoms with Crippen LogP contribution in [0.15, 0.2) is 0 Å². The molecule has 110 valence electrons. The fourth-order valence-electron chi connectivity index (χ4n) is 1.89. The summed E-state index contributed by atoms with van der Waals surface area (Å²) in [4.78, 5) is 11.1. The molecule has 0 saturated heterocycles. The first-order chi connectivity index (χ1) is 8.81. The molecule has 0 aromatic carbocycles. The van der Waals surface area contributed by atoms with Crippen molar-refractivity contribution in [1.82, 2.24) is 0 Å². The van der Waals surface area contributed by atoms with Gasteiger partial charge in [0.1, 0.15) is 0 Å². The molecular weight excluding hydrogens is 339 g/mol. The predicted molar refractivity (Wildman–Crippen MR) is 73.7 cm³/mol. The Morgan fingerprint density at radius 3 is 1.83 bits per heavy atom. The Morgan fingerprint density at radius 2 is 1.33 bits per heavy atom. The van der Waals surface area contributed by atoms with E-state index in [1.54, 1.807) is 0 Å². The Morgan fingerprint density at radius 1 is 0.833 bits per heavy atom. The Labute approximate surface area is 124 Å². The SMILES string of the molecule is CCCCCCCCCCCCOC(=O)[I-]CC. The third kappa shape index (κ3) is 14.3. The number of carbonyl (C=O) groups excluding carboxylic acids is 1. The summed E-state index contributed by atoms with van der Waals surface area (Å²) in [6, 6.07) is 0. The second kappa shape index (κ2) is 15.3. The zero-order chi connectivity index (χ0) is 13.5. The molecule has 0 bridgehead atoms. The number of rotatable bonds is 13. The van der Waals surface area contributed by atoms with Crippen molar-refractivity contribution in [1.29, 1.82) is 0 Å². The molecule has 18 heavy (non-hydrogen) atoms. The summed E-state index contributed by atoms with van der Waals surface area (Å²) in [6.07, 6.45) is 13.2. The molecule has 0 aliphatic carbocycles. The molecule has 0 aliphatic heterocycles. The van der Waals surface area contributed by atoms with Gasteiger partial charge in [0.15, 0.2) is 0 Å². The first kappa shape index (κ1) is 18.2. The molecule has 3 heteroatoms. The molecule has 0 aromatic rings. The number of hydrogen-bond donors (Lipinski definition) is 0. The van der Waals surface area contributed by atoms with Gasteiger partial charge in [-0.05, 0) is 0 Å². The summed E-state index contributed by atoms with van der Waals surface area (Å²) < 4.78 is 6.24. The van der Waals surface area contributed by atoms with Crippen LogP contribution < -0.4 is 21.2 Å². The second-order valence-electron chi connectivity index (χ2n) is 4.67. The number of hydrogen-bond acceptors (Lipinski definition) is 2. The van der Waals surface area contributed by atoms with Crippen molar-refractivity contribution in [2.75, 3.05) is 11.0 Å². The zero-order valence-corrected chi connectivity index (χ0v) is 14.3. The van der Waals surface area contributed by atoms with Crippen molar-refractivity contribution in [2.24, 2.45) is 0 Å². The molecule has 0 fully saturated rings. The summed E-state index contributed by atoms with van der Waals surface area (Å²) in [7, 11) is 0. The normalized spacial score (nSPS) is 10.8. The molecule has 2 nitrogen and oxygen atoms in total. The number of halogens is 1. The summed E-state index contributed by atoms with van der Waals surface area (Å²) in [5, 5.41) is 0. The summed E-state index contributed by atoms with van der Waals surface area (Å²) >= 11 is -0.336. The van der Waals surface area contributed by atoms with Crippen molar-refractivity contribution in [2.45, 2.75) is 78.1 Å². The molecule has 0 rings (SSSR count). The van der Waals surface area contributed by atoms with E-state index in [1.807, 2.05) is 0 Å². The van der Waals surface area contributed by atoms with Crippen molar-refractivity contribution in [3.63, 3.8) is 0 Å². The van der Waals surface area contributed by atoms with E-state index in [-0.39, 0.29) is 25.2 Å². The van der Waals surface area contributed by atoms with Gasteiger partial charge >= 0.3 is 110 Å². The van der Waals surface area contributed by atoms with E-state index >= 15 is 0 Å². The van der Waals surface area contributed by atoms with Crippen LogP contribution in [-0.4, -0.2) is 15.0 Å². The Balaban J connectivity index is 3.01. The van der Waals surface area contributed by atoms with E-state index in [4.69, 9.17) is 4.74 Å². The predicted octanol–water partition coefficient (Wildman–Crippen LogP) is 2.15. The fraction of sp³-hybridized carbons (Fsp3) is 0.933. The molecule has 0 heterocycles. The van der Waals surface area contributed by atoms with E-state index in [9.17, 15) is 4.79 Å². The van der Waals surface area contributed by atoms with Crippen molar-refractivity contribution in [3.8, 4) is 0 Å². The molecular formula is C15H30IO2-. The van der Waals surface area contributed by atoms with Gasteiger partial charge in [-0.1, -0.05) is 13.3 Å². The van der Waals surface area contributed by atoms with Crippen molar-refractivity contribution >= 4 is 3.98 Å². The van der Waals surface area contributed by atoms with Gasteiger partial charge in [0.05, 0.1) is 0 Å². The van der Waals surface area contributed by atoms with E-state index in [0.717, 1.165) is 10.8 Å². The standard InChI is InChI=1S/C15H30IO2/c1-3-5-6-7-8-9-10-11-12-13-14-18-15(17)16-4-2/h3-14H2,1-2H3/q-1. The monoisotopic (exact) mass is 369 g/mol. The molecule has 0 unspecified atom stereocenters. The van der Waals surface area contributed by atoms with Gasteiger partial charge in [0.2, 0.25) is 0 Å². The van der Waals surface area contributed by atoms with Gasteiger partial charge in [0.25, 0.3) is 0 Å². The summed E-state index contributed by atoms with van der Waals surface area (Å²) in [5.74, 6) is 0. The summed E-state index contributed by atoms with van der Waals surface area (Å²) in [5.41, 5.74) is 0. The van der Waals surface area contributed by atoms with Gasteiger partial charge in [-0.3, -0.25) is 0 Å². The van der Waals surface area contributed by atoms with Gasteiger partial charge in [-0.25, -0.2) is 0 Å². The van der Waals surface area contributed by atoms with E-state index < -0.39 is 0 Å². The number of alkyl halides is 1. The molecule has 0 N–H and O–H groups in total. The number of carbonyl (C=O) groups is 1. The quantitative estimate of drug-likeness (QED) is 0.215. The van der Waals surface area contributed by atoms with Crippen LogP contribution in [0.1, 0.15) is 78.1 Å². The van der Waals surface area contributed by atoms with Crippen LogP contribution in [0.3, 0.4) is 0 Å². The van der Waals surface area contributed by atoms with Crippen LogP contribution in [0.25, 0.3) is 0 Å². The van der Waals surface area contributed by atoms with Crippen LogP contribution in [0.4, 0.5) is 4.79 Å². The maximum atomic E-state index is 11.1. The Bertz CT molecular complexity index is 183. The molecule has 0 aliphatic rings. The molecule has 0 spiro atoms. The molecule has 0 aromatic heterocycles. The average Bonchev–Trinajstić information content (AvgIpc) is 2.36. The van der Waals surface area contributed by atoms with Crippen LogP contribution >= 0.6 is 0 Å². The van der Waals surface area contributed by atoms with E-state index in [2.05, 4.69) is 13.8 Å². The van der Waals surface area contributed by atoms with Crippen LogP contribution in [0, 0.1) is 0 Å². The first-order valence-electron chi connectivity index (χ1n) is 7.57. The van der Waals surface area contributed by atoms with Gasteiger partial charge in [-0.2, -0.15) is 0 Å². The van der Waals surface area contributed by atoms with E-state index in [0.29, 0.717) is 6.61 Å². The van der Waals surface area contributed by atoms with Crippen LogP contribution in [0.5, 0.6) is 0 Å². The topological polar surface area (TPSA) is 26.3 Å². The first-order valence-corrected chi connectivity index (χ1v) is 10.2. The van der Waals surface area contributed by atoms with Gasteiger partial charge in [-0.15, -0.1) is 0 Å².